The lowest BCUT2D eigenvalue weighted by molar-refractivity contribution is 0.138. The molecule has 0 nitrogen and oxygen atoms in total. The molecule has 4 heteroatoms. The van der Waals surface area contributed by atoms with Crippen molar-refractivity contribution in [2.75, 3.05) is 6.67 Å². The van der Waals surface area contributed by atoms with Crippen molar-refractivity contribution in [1.29, 1.82) is 0 Å². The molecular weight excluding hydrogens is 424 g/mol. The topological polar surface area (TPSA) is 0 Å². The van der Waals surface area contributed by atoms with E-state index in [1.165, 1.54) is 70.3 Å². The van der Waals surface area contributed by atoms with Crippen LogP contribution >= 0.6 is 0 Å². The van der Waals surface area contributed by atoms with E-state index in [1.54, 1.807) is 6.07 Å². The van der Waals surface area contributed by atoms with Crippen molar-refractivity contribution in [3.63, 3.8) is 0 Å². The van der Waals surface area contributed by atoms with E-state index in [4.69, 9.17) is 0 Å². The van der Waals surface area contributed by atoms with E-state index in [9.17, 15) is 17.6 Å². The van der Waals surface area contributed by atoms with Crippen LogP contribution in [0.15, 0.2) is 18.2 Å². The molecule has 0 bridgehead atoms. The Kier molecular flexibility index (Phi) is 11.0. The van der Waals surface area contributed by atoms with Gasteiger partial charge in [-0.1, -0.05) is 51.5 Å². The van der Waals surface area contributed by atoms with Crippen molar-refractivity contribution in [2.24, 2.45) is 23.7 Å². The van der Waals surface area contributed by atoms with Gasteiger partial charge in [0.15, 0.2) is 11.6 Å². The van der Waals surface area contributed by atoms with Gasteiger partial charge in [-0.15, -0.1) is 0 Å². The van der Waals surface area contributed by atoms with Crippen molar-refractivity contribution in [3.8, 4) is 0 Å². The first-order chi connectivity index (χ1) is 16.0. The number of halogens is 4. The lowest BCUT2D eigenvalue weighted by Crippen LogP contribution is -2.26. The highest BCUT2D eigenvalue weighted by atomic mass is 19.2. The Morgan fingerprint density at radius 1 is 0.697 bits per heavy atom. The van der Waals surface area contributed by atoms with Crippen LogP contribution < -0.4 is 0 Å². The third-order valence-corrected chi connectivity index (χ3v) is 8.74. The molecule has 0 unspecified atom stereocenters. The summed E-state index contributed by atoms with van der Waals surface area (Å²) in [6.45, 7) is 2.22. The van der Waals surface area contributed by atoms with E-state index in [-0.39, 0.29) is 12.6 Å². The van der Waals surface area contributed by atoms with E-state index in [0.29, 0.717) is 18.8 Å². The highest BCUT2D eigenvalue weighted by Gasteiger charge is 2.30. The first-order valence-electron chi connectivity index (χ1n) is 13.6. The van der Waals surface area contributed by atoms with Gasteiger partial charge in [0, 0.05) is 0 Å². The summed E-state index contributed by atoms with van der Waals surface area (Å²) >= 11 is 0. The quantitative estimate of drug-likeness (QED) is 0.364. The minimum atomic E-state index is -0.821. The van der Waals surface area contributed by atoms with Crippen molar-refractivity contribution >= 4 is 0 Å². The lowest BCUT2D eigenvalue weighted by Gasteiger charge is -2.37. The number of hydrogen-bond donors (Lipinski definition) is 0. The smallest absolute Gasteiger partial charge is 0.159 e. The molecule has 3 aliphatic rings. The monoisotopic (exact) mass is 468 g/mol. The fourth-order valence-electron chi connectivity index (χ4n) is 6.61. The van der Waals surface area contributed by atoms with Gasteiger partial charge in [0.05, 0.1) is 6.67 Å². The van der Waals surface area contributed by atoms with E-state index in [0.717, 1.165) is 48.6 Å². The Hall–Kier alpha value is -1.06. The zero-order valence-electron chi connectivity index (χ0n) is 20.5. The Morgan fingerprint density at radius 3 is 1.73 bits per heavy atom. The number of hydrogen-bond acceptors (Lipinski definition) is 0. The average Bonchev–Trinajstić information content (AvgIpc) is 2.83. The van der Waals surface area contributed by atoms with Crippen molar-refractivity contribution in [2.45, 2.75) is 115 Å². The van der Waals surface area contributed by atoms with Crippen LogP contribution in [0.1, 0.15) is 115 Å². The summed E-state index contributed by atoms with van der Waals surface area (Å²) in [6.07, 6.45) is 16.8. The van der Waals surface area contributed by atoms with Crippen molar-refractivity contribution < 1.29 is 17.6 Å². The molecule has 0 spiro atoms. The van der Waals surface area contributed by atoms with Crippen LogP contribution in [0, 0.1) is 35.3 Å². The Balaban J connectivity index is 0.000000189. The predicted octanol–water partition coefficient (Wildman–Crippen LogP) is 9.72. The molecule has 0 heterocycles. The van der Waals surface area contributed by atoms with Gasteiger partial charge in [-0.2, -0.15) is 0 Å². The molecule has 0 N–H and O–H groups in total. The normalized spacial score (nSPS) is 32.6. The van der Waals surface area contributed by atoms with Crippen LogP contribution in [0.2, 0.25) is 0 Å². The first-order valence-corrected chi connectivity index (χ1v) is 13.6. The molecule has 0 aromatic heterocycles. The van der Waals surface area contributed by atoms with Gasteiger partial charge < -0.3 is 0 Å². The number of rotatable bonds is 6. The second-order valence-corrected chi connectivity index (χ2v) is 11.0. The minimum absolute atomic E-state index is 0.0997. The maximum Gasteiger partial charge on any atom is 0.159 e. The Labute approximate surface area is 198 Å². The highest BCUT2D eigenvalue weighted by molar-refractivity contribution is 5.22. The summed E-state index contributed by atoms with van der Waals surface area (Å²) in [7, 11) is 0. The van der Waals surface area contributed by atoms with E-state index in [1.807, 2.05) is 0 Å². The molecular formula is C29H44F4. The fraction of sp³-hybridized carbons (Fsp3) is 0.793. The molecule has 3 aliphatic carbocycles. The summed E-state index contributed by atoms with van der Waals surface area (Å²) < 4.78 is 50.9. The summed E-state index contributed by atoms with van der Waals surface area (Å²) in [4.78, 5) is 0. The van der Waals surface area contributed by atoms with Gasteiger partial charge in [-0.05, 0) is 105 Å². The maximum absolute atomic E-state index is 13.0. The molecule has 1 aromatic rings. The van der Waals surface area contributed by atoms with Crippen molar-refractivity contribution in [1.82, 2.24) is 0 Å². The highest BCUT2D eigenvalue weighted by Crippen LogP contribution is 2.42. The van der Waals surface area contributed by atoms with Crippen LogP contribution in [0.4, 0.5) is 17.6 Å². The molecule has 0 aliphatic heterocycles. The molecule has 4 rings (SSSR count). The molecule has 3 saturated carbocycles. The molecule has 188 valence electrons. The van der Waals surface area contributed by atoms with Crippen LogP contribution in [-0.2, 0) is 0 Å². The molecule has 1 aromatic carbocycles. The first kappa shape index (κ1) is 26.5. The lowest BCUT2D eigenvalue weighted by atomic mass is 9.68. The second-order valence-electron chi connectivity index (χ2n) is 11.0. The van der Waals surface area contributed by atoms with Gasteiger partial charge in [-0.3, -0.25) is 4.39 Å². The maximum atomic E-state index is 13.0. The van der Waals surface area contributed by atoms with Gasteiger partial charge in [0.25, 0.3) is 0 Å². The largest absolute Gasteiger partial charge is 0.251 e. The van der Waals surface area contributed by atoms with Crippen molar-refractivity contribution in [3.05, 3.63) is 35.4 Å². The molecule has 0 atom stereocenters. The number of alkyl halides is 2. The van der Waals surface area contributed by atoms with Crippen LogP contribution in [0.3, 0.4) is 0 Å². The van der Waals surface area contributed by atoms with E-state index in [2.05, 4.69) is 6.92 Å². The second kappa shape index (κ2) is 13.7. The average molecular weight is 469 g/mol. The Morgan fingerprint density at radius 2 is 1.24 bits per heavy atom. The van der Waals surface area contributed by atoms with Gasteiger partial charge in [0.2, 0.25) is 0 Å². The third kappa shape index (κ3) is 8.28. The fourth-order valence-corrected chi connectivity index (χ4v) is 6.61. The molecule has 0 amide bonds. The molecule has 3 fully saturated rings. The molecule has 0 radical (unpaired) electrons. The van der Waals surface area contributed by atoms with Gasteiger partial charge in [-0.25, -0.2) is 13.2 Å². The van der Waals surface area contributed by atoms with Crippen LogP contribution in [-0.4, -0.2) is 12.8 Å². The summed E-state index contributed by atoms with van der Waals surface area (Å²) in [5.41, 5.74) is 0.792. The Bertz CT molecular complexity index is 642. The zero-order chi connectivity index (χ0) is 23.6. The van der Waals surface area contributed by atoms with Gasteiger partial charge >= 0.3 is 0 Å². The molecule has 33 heavy (non-hydrogen) atoms. The van der Waals surface area contributed by atoms with E-state index >= 15 is 0 Å². The van der Waals surface area contributed by atoms with E-state index < -0.39 is 17.8 Å². The number of benzene rings is 1. The SMILES string of the molecule is CCCC1CCC(C2CCC(CCF)CC2)CC1.Fc1ccc(C2CCC(F)CC2)cc1F. The summed E-state index contributed by atoms with van der Waals surface area (Å²) in [6, 6.07) is 3.98. The zero-order valence-corrected chi connectivity index (χ0v) is 20.5. The standard InChI is InChI=1S/C17H31F.C12H13F3/c1-2-3-14-4-8-16(9-5-14)17-10-6-15(7-11-17)12-13-18;13-10-4-1-8(2-5-10)9-3-6-11(14)12(15)7-9/h14-17H,2-13H2,1H3;3,6-8,10H,1-2,4-5H2. The summed E-state index contributed by atoms with van der Waals surface area (Å²) in [5, 5.41) is 0. The predicted molar refractivity (Wildman–Crippen MR) is 129 cm³/mol. The molecule has 0 saturated heterocycles. The third-order valence-electron chi connectivity index (χ3n) is 8.74. The summed E-state index contributed by atoms with van der Waals surface area (Å²) in [5.74, 6) is 2.31. The van der Waals surface area contributed by atoms with Crippen LogP contribution in [0.25, 0.3) is 0 Å². The van der Waals surface area contributed by atoms with Crippen LogP contribution in [0.5, 0.6) is 0 Å². The van der Waals surface area contributed by atoms with Gasteiger partial charge in [0.1, 0.15) is 6.17 Å². The minimum Gasteiger partial charge on any atom is -0.251 e.